The van der Waals surface area contributed by atoms with Crippen molar-refractivity contribution in [3.63, 3.8) is 0 Å². The first kappa shape index (κ1) is 24.4. The van der Waals surface area contributed by atoms with E-state index < -0.39 is 35.6 Å². The van der Waals surface area contributed by atoms with E-state index in [1.54, 1.807) is 4.57 Å². The fraction of sp³-hybridized carbons (Fsp3) is 0.292. The summed E-state index contributed by atoms with van der Waals surface area (Å²) in [6.45, 7) is 3.05. The Hall–Kier alpha value is -3.28. The van der Waals surface area contributed by atoms with Crippen LogP contribution >= 0.6 is 11.6 Å². The third-order valence-electron chi connectivity index (χ3n) is 6.01. The van der Waals surface area contributed by atoms with Crippen molar-refractivity contribution in [2.45, 2.75) is 44.3 Å². The van der Waals surface area contributed by atoms with Gasteiger partial charge in [0.05, 0.1) is 23.1 Å². The van der Waals surface area contributed by atoms with Gasteiger partial charge in [0.15, 0.2) is 5.82 Å². The number of ether oxygens (including phenoxy) is 1. The van der Waals surface area contributed by atoms with Gasteiger partial charge in [-0.05, 0) is 38.5 Å². The van der Waals surface area contributed by atoms with Gasteiger partial charge < -0.3 is 20.1 Å². The lowest BCUT2D eigenvalue weighted by Crippen LogP contribution is -2.19. The zero-order valence-corrected chi connectivity index (χ0v) is 19.8. The predicted molar refractivity (Wildman–Crippen MR) is 124 cm³/mol. The summed E-state index contributed by atoms with van der Waals surface area (Å²) in [6, 6.07) is 5.40. The third kappa shape index (κ3) is 4.27. The zero-order chi connectivity index (χ0) is 26.0. The van der Waals surface area contributed by atoms with Crippen molar-refractivity contribution in [1.29, 1.82) is 0 Å². The number of halogens is 5. The van der Waals surface area contributed by atoms with E-state index in [9.17, 15) is 18.3 Å². The maximum absolute atomic E-state index is 15.1. The second-order valence-electron chi connectivity index (χ2n) is 9.07. The molecule has 2 aromatic heterocycles. The van der Waals surface area contributed by atoms with E-state index in [0.717, 1.165) is 0 Å². The Labute approximate surface area is 207 Å². The predicted octanol–water partition coefficient (Wildman–Crippen LogP) is 5.40. The second kappa shape index (κ2) is 8.39. The highest BCUT2D eigenvalue weighted by Gasteiger charge is 2.39. The maximum atomic E-state index is 15.1. The van der Waals surface area contributed by atoms with Gasteiger partial charge in [-0.1, -0.05) is 17.7 Å². The van der Waals surface area contributed by atoms with Gasteiger partial charge in [-0.25, -0.2) is 19.3 Å². The molecule has 2 atom stereocenters. The van der Waals surface area contributed by atoms with Gasteiger partial charge in [-0.3, -0.25) is 0 Å². The lowest BCUT2D eigenvalue weighted by atomic mass is 10.0. The molecule has 0 bridgehead atoms. The highest BCUT2D eigenvalue weighted by Crippen LogP contribution is 2.47. The Bertz CT molecular complexity index is 1460. The molecule has 3 heterocycles. The molecular formula is C24H20ClF4N5O2. The van der Waals surface area contributed by atoms with Crippen molar-refractivity contribution >= 4 is 22.6 Å². The molecule has 0 unspecified atom stereocenters. The van der Waals surface area contributed by atoms with Crippen LogP contribution in [-0.4, -0.2) is 31.0 Å². The first-order valence-electron chi connectivity index (χ1n) is 10.9. The van der Waals surface area contributed by atoms with E-state index >= 15 is 4.39 Å². The van der Waals surface area contributed by atoms with Gasteiger partial charge in [-0.15, -0.1) is 13.2 Å². The molecule has 1 aliphatic heterocycles. The summed E-state index contributed by atoms with van der Waals surface area (Å²) in [5.41, 5.74) is 6.34. The number of hydrogen-bond donors (Lipinski definition) is 2. The van der Waals surface area contributed by atoms with E-state index in [0.29, 0.717) is 16.9 Å². The SMILES string of the molecule is CC(C)(O)c1ncc(-c2cc3c(cc2F)nc2n3[C@H](c3c(Cl)cccc3OC(F)(F)F)C[C@@H]2N)cn1. The number of hydrogen-bond acceptors (Lipinski definition) is 6. The lowest BCUT2D eigenvalue weighted by molar-refractivity contribution is -0.275. The van der Waals surface area contributed by atoms with E-state index in [4.69, 9.17) is 17.3 Å². The number of nitrogens with two attached hydrogens (primary N) is 1. The summed E-state index contributed by atoms with van der Waals surface area (Å²) in [5, 5.41) is 10.2. The minimum Gasteiger partial charge on any atom is -0.405 e. The van der Waals surface area contributed by atoms with E-state index in [-0.39, 0.29) is 33.9 Å². The highest BCUT2D eigenvalue weighted by atomic mass is 35.5. The number of imidazole rings is 1. The molecule has 0 radical (unpaired) electrons. The van der Waals surface area contributed by atoms with Gasteiger partial charge in [0.25, 0.3) is 0 Å². The molecule has 0 aliphatic carbocycles. The van der Waals surface area contributed by atoms with Crippen LogP contribution in [0, 0.1) is 5.82 Å². The number of alkyl halides is 3. The molecule has 2 aromatic carbocycles. The quantitative estimate of drug-likeness (QED) is 0.349. The summed E-state index contributed by atoms with van der Waals surface area (Å²) in [5.74, 6) is -0.485. The first-order chi connectivity index (χ1) is 16.8. The fourth-order valence-electron chi connectivity index (χ4n) is 4.48. The summed E-state index contributed by atoms with van der Waals surface area (Å²) < 4.78 is 60.4. The van der Waals surface area contributed by atoms with Crippen molar-refractivity contribution in [3.05, 3.63) is 70.8 Å². The van der Waals surface area contributed by atoms with Crippen LogP contribution in [0.2, 0.25) is 5.02 Å². The lowest BCUT2D eigenvalue weighted by Gasteiger charge is -2.21. The molecule has 12 heteroatoms. The molecule has 0 saturated heterocycles. The molecular weight excluding hydrogens is 502 g/mol. The molecule has 36 heavy (non-hydrogen) atoms. The summed E-state index contributed by atoms with van der Waals surface area (Å²) in [7, 11) is 0. The van der Waals surface area contributed by atoms with E-state index in [1.165, 1.54) is 56.6 Å². The summed E-state index contributed by atoms with van der Waals surface area (Å²) >= 11 is 6.36. The largest absolute Gasteiger partial charge is 0.573 e. The van der Waals surface area contributed by atoms with Crippen molar-refractivity contribution in [2.75, 3.05) is 0 Å². The average molecular weight is 522 g/mol. The monoisotopic (exact) mass is 521 g/mol. The van der Waals surface area contributed by atoms with Crippen LogP contribution in [-0.2, 0) is 5.60 Å². The Morgan fingerprint density at radius 3 is 2.50 bits per heavy atom. The minimum atomic E-state index is -4.93. The van der Waals surface area contributed by atoms with Crippen LogP contribution in [0.4, 0.5) is 17.6 Å². The Morgan fingerprint density at radius 2 is 1.86 bits per heavy atom. The van der Waals surface area contributed by atoms with E-state index in [2.05, 4.69) is 19.7 Å². The fourth-order valence-corrected chi connectivity index (χ4v) is 4.77. The number of benzene rings is 2. The Kier molecular flexibility index (Phi) is 5.69. The van der Waals surface area contributed by atoms with Crippen molar-refractivity contribution in [3.8, 4) is 16.9 Å². The molecule has 4 aromatic rings. The van der Waals surface area contributed by atoms with Crippen molar-refractivity contribution in [1.82, 2.24) is 19.5 Å². The van der Waals surface area contributed by atoms with Crippen LogP contribution in [0.3, 0.4) is 0 Å². The van der Waals surface area contributed by atoms with Crippen LogP contribution in [0.5, 0.6) is 5.75 Å². The summed E-state index contributed by atoms with van der Waals surface area (Å²) in [6.07, 6.45) is -1.94. The number of aromatic nitrogens is 4. The molecule has 0 saturated carbocycles. The topological polar surface area (TPSA) is 99.1 Å². The van der Waals surface area contributed by atoms with Gasteiger partial charge >= 0.3 is 6.36 Å². The van der Waals surface area contributed by atoms with E-state index in [1.807, 2.05) is 0 Å². The minimum absolute atomic E-state index is 0.0709. The van der Waals surface area contributed by atoms with Crippen LogP contribution in [0.1, 0.15) is 49.6 Å². The van der Waals surface area contributed by atoms with Gasteiger partial charge in [0, 0.05) is 40.2 Å². The smallest absolute Gasteiger partial charge is 0.405 e. The van der Waals surface area contributed by atoms with Gasteiger partial charge in [0.1, 0.15) is 23.0 Å². The zero-order valence-electron chi connectivity index (χ0n) is 19.0. The van der Waals surface area contributed by atoms with Crippen LogP contribution < -0.4 is 10.5 Å². The maximum Gasteiger partial charge on any atom is 0.573 e. The van der Waals surface area contributed by atoms with Gasteiger partial charge in [0.2, 0.25) is 0 Å². The molecule has 188 valence electrons. The number of fused-ring (bicyclic) bond motifs is 3. The Morgan fingerprint density at radius 1 is 1.17 bits per heavy atom. The molecule has 1 aliphatic rings. The highest BCUT2D eigenvalue weighted by molar-refractivity contribution is 6.31. The number of rotatable bonds is 4. The molecule has 0 amide bonds. The number of aliphatic hydroxyl groups is 1. The molecule has 0 fully saturated rings. The van der Waals surface area contributed by atoms with Crippen molar-refractivity contribution in [2.24, 2.45) is 5.73 Å². The van der Waals surface area contributed by atoms with Crippen molar-refractivity contribution < 1.29 is 27.4 Å². The van der Waals surface area contributed by atoms with Crippen LogP contribution in [0.25, 0.3) is 22.2 Å². The third-order valence-corrected chi connectivity index (χ3v) is 6.34. The standard InChI is InChI=1S/C24H20ClF4N5O2/c1-23(2,35)22-31-9-11(10-32-22)12-6-17-16(7-14(12)26)33-21-15(30)8-18(34(17)21)20-13(25)4-3-5-19(20)36-24(27,28)29/h3-7,9-10,15,18,35H,8,30H2,1-2H3/t15-,18-/m0/s1. The van der Waals surface area contributed by atoms with Crippen LogP contribution in [0.15, 0.2) is 42.7 Å². The molecule has 7 nitrogen and oxygen atoms in total. The molecule has 5 rings (SSSR count). The normalized spacial score (nSPS) is 18.0. The average Bonchev–Trinajstić information content (AvgIpc) is 3.28. The second-order valence-corrected chi connectivity index (χ2v) is 9.48. The molecule has 3 N–H and O–H groups in total. The first-order valence-corrected chi connectivity index (χ1v) is 11.3. The Balaban J connectivity index is 1.66. The van der Waals surface area contributed by atoms with Gasteiger partial charge in [-0.2, -0.15) is 0 Å². The number of nitrogens with zero attached hydrogens (tertiary/aromatic N) is 4. The summed E-state index contributed by atoms with van der Waals surface area (Å²) in [4.78, 5) is 12.7. The molecule has 0 spiro atoms.